The average Bonchev–Trinajstić information content (AvgIpc) is 2.84. The van der Waals surface area contributed by atoms with Gasteiger partial charge in [0.1, 0.15) is 0 Å². The molecule has 9 heteroatoms. The first-order valence-electron chi connectivity index (χ1n) is 8.76. The SMILES string of the molecule is CCN(CCCNC(=NC)Nc1ccc2c(c1)OCCCO2)S(C)(=O)=O. The second-order valence-electron chi connectivity index (χ2n) is 5.94. The van der Waals surface area contributed by atoms with Crippen LogP contribution in [0.2, 0.25) is 0 Å². The van der Waals surface area contributed by atoms with Crippen molar-refractivity contribution in [1.29, 1.82) is 0 Å². The number of guanidine groups is 1. The molecule has 0 radical (unpaired) electrons. The van der Waals surface area contributed by atoms with Gasteiger partial charge in [0.2, 0.25) is 10.0 Å². The molecule has 1 aliphatic heterocycles. The number of rotatable bonds is 7. The number of anilines is 1. The van der Waals surface area contributed by atoms with Crippen LogP contribution in [0.25, 0.3) is 0 Å². The summed E-state index contributed by atoms with van der Waals surface area (Å²) in [6, 6.07) is 5.67. The Morgan fingerprint density at radius 3 is 2.65 bits per heavy atom. The van der Waals surface area contributed by atoms with E-state index in [1.165, 1.54) is 10.6 Å². The zero-order valence-electron chi connectivity index (χ0n) is 15.6. The number of benzene rings is 1. The minimum Gasteiger partial charge on any atom is -0.490 e. The summed E-state index contributed by atoms with van der Waals surface area (Å²) in [5.74, 6) is 2.08. The highest BCUT2D eigenvalue weighted by atomic mass is 32.2. The number of nitrogens with zero attached hydrogens (tertiary/aromatic N) is 2. The van der Waals surface area contributed by atoms with E-state index in [0.717, 1.165) is 23.6 Å². The summed E-state index contributed by atoms with van der Waals surface area (Å²) in [6.07, 6.45) is 2.78. The molecule has 0 bridgehead atoms. The van der Waals surface area contributed by atoms with Gasteiger partial charge in [-0.3, -0.25) is 4.99 Å². The number of ether oxygens (including phenoxy) is 2. The minimum absolute atomic E-state index is 0.475. The number of hydrogen-bond acceptors (Lipinski definition) is 5. The second kappa shape index (κ2) is 9.63. The first kappa shape index (κ1) is 20.3. The Balaban J connectivity index is 1.85. The molecule has 0 aliphatic carbocycles. The van der Waals surface area contributed by atoms with Crippen molar-refractivity contribution in [2.45, 2.75) is 19.8 Å². The van der Waals surface area contributed by atoms with Crippen LogP contribution < -0.4 is 20.1 Å². The second-order valence-corrected chi connectivity index (χ2v) is 7.93. The Morgan fingerprint density at radius 2 is 2.00 bits per heavy atom. The molecule has 2 rings (SSSR count). The number of sulfonamides is 1. The summed E-state index contributed by atoms with van der Waals surface area (Å²) in [5, 5.41) is 6.39. The van der Waals surface area contributed by atoms with Gasteiger partial charge >= 0.3 is 0 Å². The van der Waals surface area contributed by atoms with E-state index in [4.69, 9.17) is 9.47 Å². The van der Waals surface area contributed by atoms with Crippen molar-refractivity contribution in [1.82, 2.24) is 9.62 Å². The molecule has 0 atom stereocenters. The molecule has 0 saturated carbocycles. The predicted octanol–water partition coefficient (Wildman–Crippen LogP) is 1.51. The molecular weight excluding hydrogens is 356 g/mol. The molecule has 0 saturated heterocycles. The molecule has 0 unspecified atom stereocenters. The first-order chi connectivity index (χ1) is 12.4. The van der Waals surface area contributed by atoms with Crippen molar-refractivity contribution in [2.75, 3.05) is 51.5 Å². The highest BCUT2D eigenvalue weighted by Crippen LogP contribution is 2.32. The Labute approximate surface area is 155 Å². The highest BCUT2D eigenvalue weighted by molar-refractivity contribution is 7.88. The monoisotopic (exact) mass is 384 g/mol. The maximum atomic E-state index is 11.6. The summed E-state index contributed by atoms with van der Waals surface area (Å²) < 4.78 is 35.9. The zero-order chi connectivity index (χ0) is 19.0. The number of nitrogens with one attached hydrogen (secondary N) is 2. The molecule has 1 aromatic carbocycles. The van der Waals surface area contributed by atoms with E-state index in [1.54, 1.807) is 7.05 Å². The maximum absolute atomic E-state index is 11.6. The third-order valence-electron chi connectivity index (χ3n) is 3.93. The lowest BCUT2D eigenvalue weighted by molar-refractivity contribution is 0.297. The van der Waals surface area contributed by atoms with Crippen LogP contribution >= 0.6 is 0 Å². The van der Waals surface area contributed by atoms with Gasteiger partial charge in [0.15, 0.2) is 17.5 Å². The Kier molecular flexibility index (Phi) is 7.52. The molecule has 26 heavy (non-hydrogen) atoms. The average molecular weight is 385 g/mol. The normalized spacial score (nSPS) is 14.8. The van der Waals surface area contributed by atoms with Crippen LogP contribution in [-0.2, 0) is 10.0 Å². The molecule has 0 spiro atoms. The van der Waals surface area contributed by atoms with Crippen LogP contribution in [0.1, 0.15) is 19.8 Å². The molecule has 146 valence electrons. The number of hydrogen-bond donors (Lipinski definition) is 2. The van der Waals surface area contributed by atoms with Gasteiger partial charge in [0.25, 0.3) is 0 Å². The smallest absolute Gasteiger partial charge is 0.211 e. The van der Waals surface area contributed by atoms with Crippen LogP contribution in [0.4, 0.5) is 5.69 Å². The van der Waals surface area contributed by atoms with E-state index >= 15 is 0 Å². The lowest BCUT2D eigenvalue weighted by atomic mass is 10.2. The maximum Gasteiger partial charge on any atom is 0.211 e. The Morgan fingerprint density at radius 1 is 1.27 bits per heavy atom. The topological polar surface area (TPSA) is 92.3 Å². The van der Waals surface area contributed by atoms with Gasteiger partial charge in [-0.1, -0.05) is 6.92 Å². The first-order valence-corrected chi connectivity index (χ1v) is 10.6. The Bertz CT molecular complexity index is 721. The molecule has 8 nitrogen and oxygen atoms in total. The highest BCUT2D eigenvalue weighted by Gasteiger charge is 2.14. The van der Waals surface area contributed by atoms with Gasteiger partial charge in [-0.05, 0) is 18.6 Å². The third-order valence-corrected chi connectivity index (χ3v) is 5.31. The van der Waals surface area contributed by atoms with Gasteiger partial charge in [-0.25, -0.2) is 12.7 Å². The van der Waals surface area contributed by atoms with Crippen molar-refractivity contribution in [2.24, 2.45) is 4.99 Å². The molecule has 0 aromatic heterocycles. The largest absolute Gasteiger partial charge is 0.490 e. The minimum atomic E-state index is -3.15. The molecule has 1 aromatic rings. The summed E-state index contributed by atoms with van der Waals surface area (Å²) in [5.41, 5.74) is 0.841. The van der Waals surface area contributed by atoms with Crippen LogP contribution in [0, 0.1) is 0 Å². The van der Waals surface area contributed by atoms with Crippen molar-refractivity contribution in [3.63, 3.8) is 0 Å². The molecule has 0 amide bonds. The van der Waals surface area contributed by atoms with Crippen molar-refractivity contribution >= 4 is 21.7 Å². The lowest BCUT2D eigenvalue weighted by Gasteiger charge is -2.18. The van der Waals surface area contributed by atoms with E-state index in [0.29, 0.717) is 45.2 Å². The van der Waals surface area contributed by atoms with Gasteiger partial charge in [0.05, 0.1) is 19.5 Å². The third kappa shape index (κ3) is 6.06. The number of aliphatic imine (C=N–C) groups is 1. The van der Waals surface area contributed by atoms with Crippen molar-refractivity contribution in [3.8, 4) is 11.5 Å². The summed E-state index contributed by atoms with van der Waals surface area (Å²) >= 11 is 0. The van der Waals surface area contributed by atoms with E-state index in [-0.39, 0.29) is 0 Å². The fourth-order valence-corrected chi connectivity index (χ4v) is 3.51. The van der Waals surface area contributed by atoms with Crippen LogP contribution in [0.3, 0.4) is 0 Å². The van der Waals surface area contributed by atoms with E-state index < -0.39 is 10.0 Å². The number of fused-ring (bicyclic) bond motifs is 1. The van der Waals surface area contributed by atoms with Gasteiger partial charge in [-0.15, -0.1) is 0 Å². The predicted molar refractivity (Wildman–Crippen MR) is 104 cm³/mol. The van der Waals surface area contributed by atoms with Gasteiger partial charge in [0, 0.05) is 44.9 Å². The van der Waals surface area contributed by atoms with Gasteiger partial charge < -0.3 is 20.1 Å². The zero-order valence-corrected chi connectivity index (χ0v) is 16.4. The fraction of sp³-hybridized carbons (Fsp3) is 0.588. The van der Waals surface area contributed by atoms with E-state index in [9.17, 15) is 8.42 Å². The van der Waals surface area contributed by atoms with Crippen LogP contribution in [-0.4, -0.2) is 64.8 Å². The fourth-order valence-electron chi connectivity index (χ4n) is 2.58. The molecule has 2 N–H and O–H groups in total. The van der Waals surface area contributed by atoms with Crippen LogP contribution in [0.5, 0.6) is 11.5 Å². The molecule has 0 fully saturated rings. The van der Waals surface area contributed by atoms with Crippen LogP contribution in [0.15, 0.2) is 23.2 Å². The Hall–Kier alpha value is -2.00. The molecule has 1 aliphatic rings. The standard InChI is InChI=1S/C17H28N4O4S/c1-4-21(26(3,22)23)10-5-9-19-17(18-2)20-14-7-8-15-16(13-14)25-12-6-11-24-15/h7-8,13H,4-6,9-12H2,1-3H3,(H2,18,19,20). The summed E-state index contributed by atoms with van der Waals surface area (Å²) in [6.45, 7) is 4.69. The van der Waals surface area contributed by atoms with Crippen molar-refractivity contribution in [3.05, 3.63) is 18.2 Å². The van der Waals surface area contributed by atoms with E-state index in [1.807, 2.05) is 25.1 Å². The molecule has 1 heterocycles. The quantitative estimate of drug-likeness (QED) is 0.421. The van der Waals surface area contributed by atoms with Gasteiger partial charge in [-0.2, -0.15) is 0 Å². The lowest BCUT2D eigenvalue weighted by Crippen LogP contribution is -2.35. The molecular formula is C17H28N4O4S. The summed E-state index contributed by atoms with van der Waals surface area (Å²) in [4.78, 5) is 4.19. The van der Waals surface area contributed by atoms with E-state index in [2.05, 4.69) is 15.6 Å². The van der Waals surface area contributed by atoms with Crippen molar-refractivity contribution < 1.29 is 17.9 Å². The summed E-state index contributed by atoms with van der Waals surface area (Å²) in [7, 11) is -1.46.